The molecule has 3 heterocycles. The minimum absolute atomic E-state index is 0. The second-order valence-corrected chi connectivity index (χ2v) is 6.76. The van der Waals surface area contributed by atoms with Crippen molar-refractivity contribution in [3.05, 3.63) is 65.6 Å². The van der Waals surface area contributed by atoms with E-state index in [0.717, 1.165) is 36.0 Å². The van der Waals surface area contributed by atoms with Crippen LogP contribution >= 0.6 is 24.0 Å². The average molecular weight is 491 g/mol. The maximum absolute atomic E-state index is 5.99. The van der Waals surface area contributed by atoms with Crippen LogP contribution in [-0.4, -0.2) is 34.5 Å². The molecule has 0 saturated carbocycles. The Morgan fingerprint density at radius 3 is 2.86 bits per heavy atom. The van der Waals surface area contributed by atoms with Crippen molar-refractivity contribution in [2.75, 3.05) is 13.1 Å². The molecule has 0 aliphatic carbocycles. The number of imidazole rings is 1. The van der Waals surface area contributed by atoms with E-state index in [1.54, 1.807) is 0 Å². The molecule has 0 radical (unpaired) electrons. The molecule has 28 heavy (non-hydrogen) atoms. The van der Waals surface area contributed by atoms with Gasteiger partial charge in [-0.15, -0.1) is 24.0 Å². The maximum atomic E-state index is 5.99. The highest BCUT2D eigenvalue weighted by molar-refractivity contribution is 14.0. The Labute approximate surface area is 182 Å². The van der Waals surface area contributed by atoms with E-state index in [2.05, 4.69) is 63.3 Å². The van der Waals surface area contributed by atoms with E-state index >= 15 is 0 Å². The van der Waals surface area contributed by atoms with E-state index < -0.39 is 0 Å². The third kappa shape index (κ3) is 4.57. The van der Waals surface area contributed by atoms with Crippen molar-refractivity contribution in [1.29, 1.82) is 0 Å². The number of fused-ring (bicyclic) bond motifs is 2. The summed E-state index contributed by atoms with van der Waals surface area (Å²) in [5, 5.41) is 6.68. The molecular formula is C21H26IN5O. The summed E-state index contributed by atoms with van der Waals surface area (Å²) in [5.41, 5.74) is 4.34. The van der Waals surface area contributed by atoms with Gasteiger partial charge in [0.15, 0.2) is 5.96 Å². The van der Waals surface area contributed by atoms with Gasteiger partial charge in [-0.3, -0.25) is 0 Å². The summed E-state index contributed by atoms with van der Waals surface area (Å²) in [6, 6.07) is 14.3. The van der Waals surface area contributed by atoms with Gasteiger partial charge in [0.1, 0.15) is 17.5 Å². The molecular weight excluding hydrogens is 465 g/mol. The van der Waals surface area contributed by atoms with Crippen LogP contribution in [0.4, 0.5) is 0 Å². The number of benzene rings is 1. The highest BCUT2D eigenvalue weighted by Gasteiger charge is 2.22. The quantitative estimate of drug-likeness (QED) is 0.327. The summed E-state index contributed by atoms with van der Waals surface area (Å²) in [4.78, 5) is 9.33. The van der Waals surface area contributed by atoms with E-state index in [9.17, 15) is 0 Å². The van der Waals surface area contributed by atoms with Gasteiger partial charge >= 0.3 is 0 Å². The molecule has 2 aromatic heterocycles. The number of hydrogen-bond acceptors (Lipinski definition) is 3. The fraction of sp³-hybridized carbons (Fsp3) is 0.333. The Hall–Kier alpha value is -2.29. The minimum Gasteiger partial charge on any atom is -0.488 e. The molecule has 0 bridgehead atoms. The van der Waals surface area contributed by atoms with Gasteiger partial charge in [-0.2, -0.15) is 0 Å². The first-order chi connectivity index (χ1) is 13.2. The van der Waals surface area contributed by atoms with Gasteiger partial charge in [0.25, 0.3) is 0 Å². The molecule has 4 rings (SSSR count). The van der Waals surface area contributed by atoms with Crippen molar-refractivity contribution in [1.82, 2.24) is 20.0 Å². The van der Waals surface area contributed by atoms with Crippen molar-refractivity contribution >= 4 is 35.6 Å². The Kier molecular flexibility index (Phi) is 6.77. The van der Waals surface area contributed by atoms with Gasteiger partial charge < -0.3 is 19.8 Å². The molecule has 1 unspecified atom stereocenters. The zero-order valence-electron chi connectivity index (χ0n) is 16.2. The number of hydrogen-bond donors (Lipinski definition) is 2. The lowest BCUT2D eigenvalue weighted by Crippen LogP contribution is -2.42. The zero-order valence-corrected chi connectivity index (χ0v) is 18.5. The molecule has 0 saturated heterocycles. The van der Waals surface area contributed by atoms with Crippen LogP contribution in [0.15, 0.2) is 53.7 Å². The average Bonchev–Trinajstić information content (AvgIpc) is 3.28. The number of nitrogens with zero attached hydrogens (tertiary/aromatic N) is 3. The number of pyridine rings is 1. The molecule has 7 heteroatoms. The van der Waals surface area contributed by atoms with Crippen LogP contribution in [0.1, 0.15) is 23.9 Å². The van der Waals surface area contributed by atoms with Crippen molar-refractivity contribution in [3.63, 3.8) is 0 Å². The molecule has 0 spiro atoms. The number of guanidine groups is 1. The predicted molar refractivity (Wildman–Crippen MR) is 123 cm³/mol. The second kappa shape index (κ2) is 9.27. The lowest BCUT2D eigenvalue weighted by molar-refractivity contribution is 0.235. The normalized spacial score (nSPS) is 15.6. The summed E-state index contributed by atoms with van der Waals surface area (Å²) in [7, 11) is 0. The van der Waals surface area contributed by atoms with Crippen LogP contribution in [0, 0.1) is 6.92 Å². The number of nitrogens with one attached hydrogen (secondary N) is 2. The van der Waals surface area contributed by atoms with Gasteiger partial charge in [0.2, 0.25) is 0 Å². The number of rotatable bonds is 5. The summed E-state index contributed by atoms with van der Waals surface area (Å²) >= 11 is 0. The van der Waals surface area contributed by atoms with Gasteiger partial charge in [0.05, 0.1) is 18.8 Å². The Bertz CT molecular complexity index is 943. The smallest absolute Gasteiger partial charge is 0.191 e. The van der Waals surface area contributed by atoms with Crippen molar-refractivity contribution in [3.8, 4) is 5.75 Å². The van der Waals surface area contributed by atoms with Crippen LogP contribution in [0.3, 0.4) is 0 Å². The molecule has 1 aromatic carbocycles. The maximum Gasteiger partial charge on any atom is 0.191 e. The van der Waals surface area contributed by atoms with Gasteiger partial charge in [-0.1, -0.05) is 24.3 Å². The second-order valence-electron chi connectivity index (χ2n) is 6.76. The lowest BCUT2D eigenvalue weighted by atomic mass is 10.1. The summed E-state index contributed by atoms with van der Waals surface area (Å²) in [6.45, 7) is 6.19. The van der Waals surface area contributed by atoms with Crippen LogP contribution in [0.2, 0.25) is 0 Å². The summed E-state index contributed by atoms with van der Waals surface area (Å²) < 4.78 is 8.08. The summed E-state index contributed by atoms with van der Waals surface area (Å²) in [6.07, 6.45) is 3.10. The molecule has 3 aromatic rings. The number of halogens is 1. The zero-order chi connectivity index (χ0) is 18.6. The topological polar surface area (TPSA) is 63.0 Å². The van der Waals surface area contributed by atoms with Crippen molar-refractivity contribution < 1.29 is 4.74 Å². The number of aromatic nitrogens is 2. The third-order valence-corrected chi connectivity index (χ3v) is 4.70. The molecule has 1 atom stereocenters. The first-order valence-corrected chi connectivity index (χ1v) is 9.43. The molecule has 6 nitrogen and oxygen atoms in total. The van der Waals surface area contributed by atoms with E-state index in [1.165, 1.54) is 11.3 Å². The lowest BCUT2D eigenvalue weighted by Gasteiger charge is -2.15. The van der Waals surface area contributed by atoms with Crippen LogP contribution in [-0.2, 0) is 13.0 Å². The van der Waals surface area contributed by atoms with Crippen LogP contribution in [0.5, 0.6) is 5.75 Å². The summed E-state index contributed by atoms with van der Waals surface area (Å²) in [5.74, 6) is 1.78. The molecule has 0 amide bonds. The Morgan fingerprint density at radius 1 is 1.21 bits per heavy atom. The standard InChI is InChI=1S/C21H25N5O.HI/c1-3-22-21(24-13-18-11-16-8-4-5-9-19(16)27-18)23-12-17-14-26-15(2)7-6-10-20(26)25-17;/h4-10,14,18H,3,11-13H2,1-2H3,(H2,22,23,24);1H. The van der Waals surface area contributed by atoms with Crippen LogP contribution in [0.25, 0.3) is 5.65 Å². The molecule has 0 fully saturated rings. The largest absolute Gasteiger partial charge is 0.488 e. The molecule has 148 valence electrons. The highest BCUT2D eigenvalue weighted by Crippen LogP contribution is 2.27. The molecule has 2 N–H and O–H groups in total. The number of para-hydroxylation sites is 1. The molecule has 1 aliphatic heterocycles. The van der Waals surface area contributed by atoms with Crippen molar-refractivity contribution in [2.24, 2.45) is 4.99 Å². The van der Waals surface area contributed by atoms with E-state index in [4.69, 9.17) is 4.74 Å². The highest BCUT2D eigenvalue weighted by atomic mass is 127. The van der Waals surface area contributed by atoms with Crippen LogP contribution < -0.4 is 15.4 Å². The number of aryl methyl sites for hydroxylation is 1. The number of ether oxygens (including phenoxy) is 1. The Balaban J connectivity index is 0.00000225. The monoisotopic (exact) mass is 491 g/mol. The fourth-order valence-corrected chi connectivity index (χ4v) is 3.36. The van der Waals surface area contributed by atoms with E-state index in [0.29, 0.717) is 13.1 Å². The third-order valence-electron chi connectivity index (χ3n) is 4.70. The Morgan fingerprint density at radius 2 is 2.07 bits per heavy atom. The fourth-order valence-electron chi connectivity index (χ4n) is 3.36. The predicted octanol–water partition coefficient (Wildman–Crippen LogP) is 3.32. The van der Waals surface area contributed by atoms with Gasteiger partial charge in [-0.25, -0.2) is 9.98 Å². The minimum atomic E-state index is 0. The van der Waals surface area contributed by atoms with E-state index in [1.807, 2.05) is 24.3 Å². The molecule has 1 aliphatic rings. The van der Waals surface area contributed by atoms with E-state index in [-0.39, 0.29) is 30.1 Å². The first-order valence-electron chi connectivity index (χ1n) is 9.43. The number of aliphatic imine (C=N–C) groups is 1. The van der Waals surface area contributed by atoms with Crippen molar-refractivity contribution in [2.45, 2.75) is 32.9 Å². The SMILES string of the molecule is CCNC(=NCc1cn2c(C)cccc2n1)NCC1Cc2ccccc2O1.I. The first kappa shape index (κ1) is 20.4. The van der Waals surface area contributed by atoms with Gasteiger partial charge in [-0.05, 0) is 37.6 Å². The van der Waals surface area contributed by atoms with Gasteiger partial charge in [0, 0.05) is 24.9 Å².